The van der Waals surface area contributed by atoms with Crippen LogP contribution >= 0.6 is 7.82 Å². The van der Waals surface area contributed by atoms with E-state index in [1.54, 1.807) is 6.08 Å². The molecule has 0 aromatic rings. The van der Waals surface area contributed by atoms with E-state index in [1.165, 1.54) is 32.1 Å². The molecule has 0 aromatic heterocycles. The highest BCUT2D eigenvalue weighted by atomic mass is 31.2. The lowest BCUT2D eigenvalue weighted by atomic mass is 10.1. The number of phosphoric ester groups is 1. The van der Waals surface area contributed by atoms with Crippen molar-refractivity contribution in [2.45, 2.75) is 155 Å². The monoisotopic (exact) mass is 630 g/mol. The van der Waals surface area contributed by atoms with Gasteiger partial charge in [-0.3, -0.25) is 18.9 Å². The molecule has 9 nitrogen and oxygen atoms in total. The third-order valence-electron chi connectivity index (χ3n) is 6.95. The number of allylic oxidation sites excluding steroid dienone is 4. The molecule has 0 bridgehead atoms. The molecule has 43 heavy (non-hydrogen) atoms. The molecule has 250 valence electrons. The first-order valence-electron chi connectivity index (χ1n) is 16.6. The molecule has 0 unspecified atom stereocenters. The molecule has 10 heteroatoms. The average Bonchev–Trinajstić information content (AvgIpc) is 2.96. The Morgan fingerprint density at radius 2 is 1.16 bits per heavy atom. The van der Waals surface area contributed by atoms with Crippen LogP contribution in [-0.2, 0) is 32.9 Å². The standard InChI is InChI=1S/C33H59O9P/c1-3-5-7-8-9-11-16-19-23-27-33(36)42-31(29-41-43(37,38)39)28-40-32(35)26-22-18-15-13-10-12-14-17-21-25-30(34)24-20-6-4-2/h14,17,21,25,31H,3-13,15-16,18-20,22-24,26-29H2,1-2H3,(H2,37,38,39)/b17-14-,25-21+/t31-/m1/s1. The molecule has 1 atom stereocenters. The molecule has 0 aliphatic heterocycles. The Morgan fingerprint density at radius 1 is 0.651 bits per heavy atom. The van der Waals surface area contributed by atoms with Crippen LogP contribution in [-0.4, -0.2) is 46.8 Å². The fourth-order valence-electron chi connectivity index (χ4n) is 4.41. The van der Waals surface area contributed by atoms with Gasteiger partial charge < -0.3 is 19.3 Å². The first kappa shape index (κ1) is 41.2. The predicted molar refractivity (Wildman–Crippen MR) is 170 cm³/mol. The van der Waals surface area contributed by atoms with Gasteiger partial charge in [0, 0.05) is 19.3 Å². The summed E-state index contributed by atoms with van der Waals surface area (Å²) in [5, 5.41) is 0. The van der Waals surface area contributed by atoms with Crippen LogP contribution in [0.4, 0.5) is 0 Å². The molecule has 0 aromatic carbocycles. The van der Waals surface area contributed by atoms with E-state index in [0.717, 1.165) is 70.6 Å². The molecule has 0 aliphatic rings. The Bertz CT molecular complexity index is 819. The minimum absolute atomic E-state index is 0.173. The second kappa shape index (κ2) is 28.9. The van der Waals surface area contributed by atoms with Gasteiger partial charge in [0.2, 0.25) is 0 Å². The number of hydrogen-bond acceptors (Lipinski definition) is 7. The molecule has 0 amide bonds. The zero-order chi connectivity index (χ0) is 32.0. The van der Waals surface area contributed by atoms with Crippen molar-refractivity contribution in [2.24, 2.45) is 0 Å². The van der Waals surface area contributed by atoms with Gasteiger partial charge in [0.1, 0.15) is 6.61 Å². The number of ketones is 1. The van der Waals surface area contributed by atoms with E-state index in [4.69, 9.17) is 19.3 Å². The number of ether oxygens (including phenoxy) is 2. The van der Waals surface area contributed by atoms with Crippen LogP contribution in [0.15, 0.2) is 24.3 Å². The molecule has 0 spiro atoms. The first-order chi connectivity index (χ1) is 20.7. The van der Waals surface area contributed by atoms with Crippen molar-refractivity contribution < 1.29 is 42.7 Å². The van der Waals surface area contributed by atoms with Gasteiger partial charge in [0.25, 0.3) is 0 Å². The maximum Gasteiger partial charge on any atom is 0.469 e. The summed E-state index contributed by atoms with van der Waals surface area (Å²) in [5.41, 5.74) is 0. The molecule has 0 fully saturated rings. The molecular weight excluding hydrogens is 571 g/mol. The number of carbonyl (C=O) groups is 3. The van der Waals surface area contributed by atoms with Gasteiger partial charge in [0.15, 0.2) is 11.9 Å². The van der Waals surface area contributed by atoms with Crippen LogP contribution in [0.1, 0.15) is 149 Å². The van der Waals surface area contributed by atoms with Crippen LogP contribution < -0.4 is 0 Å². The van der Waals surface area contributed by atoms with Crippen LogP contribution in [0.2, 0.25) is 0 Å². The topological polar surface area (TPSA) is 136 Å². The largest absolute Gasteiger partial charge is 0.469 e. The SMILES string of the molecule is CCCCCCCCCCCC(=O)O[C@H](COC(=O)CCCCCCC/C=C\C=C\C(=O)CCCCC)COP(=O)(O)O. The highest BCUT2D eigenvalue weighted by Gasteiger charge is 2.22. The lowest BCUT2D eigenvalue weighted by Crippen LogP contribution is -2.29. The number of hydrogen-bond donors (Lipinski definition) is 2. The Labute approximate surface area is 260 Å². The maximum atomic E-state index is 12.2. The Kier molecular flexibility index (Phi) is 27.7. The highest BCUT2D eigenvalue weighted by molar-refractivity contribution is 7.46. The summed E-state index contributed by atoms with van der Waals surface area (Å²) in [6, 6.07) is 0. The fraction of sp³-hybridized carbons (Fsp3) is 0.788. The van der Waals surface area contributed by atoms with Gasteiger partial charge >= 0.3 is 19.8 Å². The number of unbranched alkanes of at least 4 members (excludes halogenated alkanes) is 15. The van der Waals surface area contributed by atoms with Gasteiger partial charge in [-0.1, -0.05) is 116 Å². The van der Waals surface area contributed by atoms with Gasteiger partial charge in [0.05, 0.1) is 6.61 Å². The molecular formula is C33H59O9P. The summed E-state index contributed by atoms with van der Waals surface area (Å²) >= 11 is 0. The third-order valence-corrected chi connectivity index (χ3v) is 7.43. The smallest absolute Gasteiger partial charge is 0.462 e. The molecule has 0 saturated carbocycles. The second-order valence-corrected chi connectivity index (χ2v) is 12.4. The second-order valence-electron chi connectivity index (χ2n) is 11.2. The highest BCUT2D eigenvalue weighted by Crippen LogP contribution is 2.35. The van der Waals surface area contributed by atoms with E-state index in [1.807, 2.05) is 12.2 Å². The van der Waals surface area contributed by atoms with Gasteiger partial charge in [-0.2, -0.15) is 0 Å². The van der Waals surface area contributed by atoms with Crippen LogP contribution in [0, 0.1) is 0 Å². The van der Waals surface area contributed by atoms with E-state index < -0.39 is 32.5 Å². The van der Waals surface area contributed by atoms with Crippen molar-refractivity contribution >= 4 is 25.5 Å². The van der Waals surface area contributed by atoms with Crippen molar-refractivity contribution in [3.63, 3.8) is 0 Å². The Hall–Kier alpha value is -1.80. The van der Waals surface area contributed by atoms with E-state index in [0.29, 0.717) is 19.3 Å². The van der Waals surface area contributed by atoms with Crippen LogP contribution in [0.25, 0.3) is 0 Å². The number of phosphoric acid groups is 1. The van der Waals surface area contributed by atoms with Crippen LogP contribution in [0.5, 0.6) is 0 Å². The van der Waals surface area contributed by atoms with Gasteiger partial charge in [-0.25, -0.2) is 4.57 Å². The first-order valence-corrected chi connectivity index (χ1v) is 18.1. The van der Waals surface area contributed by atoms with E-state index in [2.05, 4.69) is 24.4 Å². The molecule has 0 saturated heterocycles. The number of carbonyl (C=O) groups excluding carboxylic acids is 3. The fourth-order valence-corrected chi connectivity index (χ4v) is 4.77. The van der Waals surface area contributed by atoms with E-state index >= 15 is 0 Å². The summed E-state index contributed by atoms with van der Waals surface area (Å²) < 4.78 is 26.1. The normalized spacial score (nSPS) is 12.7. The Morgan fingerprint density at radius 3 is 1.77 bits per heavy atom. The summed E-state index contributed by atoms with van der Waals surface area (Å²) in [7, 11) is -4.76. The summed E-state index contributed by atoms with van der Waals surface area (Å²) in [4.78, 5) is 54.1. The molecule has 0 aliphatic carbocycles. The zero-order valence-corrected chi connectivity index (χ0v) is 27.7. The lowest BCUT2D eigenvalue weighted by Gasteiger charge is -2.18. The van der Waals surface area contributed by atoms with Crippen molar-refractivity contribution in [1.29, 1.82) is 0 Å². The average molecular weight is 631 g/mol. The minimum Gasteiger partial charge on any atom is -0.462 e. The number of rotatable bonds is 30. The summed E-state index contributed by atoms with van der Waals surface area (Å²) in [6.07, 6.45) is 26.1. The number of esters is 2. The van der Waals surface area contributed by atoms with Gasteiger partial charge in [-0.15, -0.1) is 0 Å². The summed E-state index contributed by atoms with van der Waals surface area (Å²) in [5.74, 6) is -0.776. The minimum atomic E-state index is -4.76. The molecule has 0 radical (unpaired) electrons. The van der Waals surface area contributed by atoms with E-state index in [9.17, 15) is 18.9 Å². The summed E-state index contributed by atoms with van der Waals surface area (Å²) in [6.45, 7) is 3.45. The molecule has 0 rings (SSSR count). The van der Waals surface area contributed by atoms with Crippen molar-refractivity contribution in [3.8, 4) is 0 Å². The predicted octanol–water partition coefficient (Wildman–Crippen LogP) is 8.46. The van der Waals surface area contributed by atoms with Crippen molar-refractivity contribution in [1.82, 2.24) is 0 Å². The maximum absolute atomic E-state index is 12.2. The van der Waals surface area contributed by atoms with Crippen LogP contribution in [0.3, 0.4) is 0 Å². The third kappa shape index (κ3) is 31.4. The molecule has 2 N–H and O–H groups in total. The lowest BCUT2D eigenvalue weighted by molar-refractivity contribution is -0.161. The van der Waals surface area contributed by atoms with Gasteiger partial charge in [-0.05, 0) is 38.2 Å². The zero-order valence-electron chi connectivity index (χ0n) is 26.8. The quantitative estimate of drug-likeness (QED) is 0.0263. The molecule has 0 heterocycles. The van der Waals surface area contributed by atoms with Crippen molar-refractivity contribution in [3.05, 3.63) is 24.3 Å². The van der Waals surface area contributed by atoms with E-state index in [-0.39, 0.29) is 25.2 Å². The Balaban J connectivity index is 4.07. The van der Waals surface area contributed by atoms with Crippen molar-refractivity contribution in [2.75, 3.05) is 13.2 Å².